The summed E-state index contributed by atoms with van der Waals surface area (Å²) in [5, 5.41) is 0. The van der Waals surface area contributed by atoms with Crippen molar-refractivity contribution in [3.63, 3.8) is 0 Å². The van der Waals surface area contributed by atoms with Crippen LogP contribution in [0, 0.1) is 0 Å². The first-order valence-electron chi connectivity index (χ1n) is 17.0. The summed E-state index contributed by atoms with van der Waals surface area (Å²) >= 11 is 0. The number of carbonyl (C=O) groups is 3. The third-order valence-corrected chi connectivity index (χ3v) is 7.77. The van der Waals surface area contributed by atoms with Gasteiger partial charge in [-0.25, -0.2) is 0 Å². The highest BCUT2D eigenvalue weighted by atomic mass is 16.6. The van der Waals surface area contributed by atoms with E-state index in [4.69, 9.17) is 9.47 Å². The van der Waals surface area contributed by atoms with E-state index in [0.29, 0.717) is 18.4 Å². The van der Waals surface area contributed by atoms with Crippen molar-refractivity contribution in [2.45, 2.75) is 168 Å². The van der Waals surface area contributed by atoms with Gasteiger partial charge in [0, 0.05) is 12.0 Å². The van der Waals surface area contributed by atoms with Gasteiger partial charge in [-0.1, -0.05) is 160 Å². The van der Waals surface area contributed by atoms with E-state index in [1.54, 1.807) is 24.3 Å². The van der Waals surface area contributed by atoms with Crippen LogP contribution >= 0.6 is 0 Å². The zero-order chi connectivity index (χ0) is 29.8. The topological polar surface area (TPSA) is 69.7 Å². The molecule has 0 bridgehead atoms. The Morgan fingerprint density at radius 2 is 1.05 bits per heavy atom. The number of rotatable bonds is 28. The summed E-state index contributed by atoms with van der Waals surface area (Å²) in [5.74, 6) is -0.948. The van der Waals surface area contributed by atoms with Crippen LogP contribution in [0.25, 0.3) is 0 Å². The average molecular weight is 573 g/mol. The van der Waals surface area contributed by atoms with Gasteiger partial charge in [-0.05, 0) is 19.3 Å². The fourth-order valence-corrected chi connectivity index (χ4v) is 5.16. The molecule has 1 atom stereocenters. The molecule has 1 aromatic rings. The Kier molecular flexibility index (Phi) is 24.0. The van der Waals surface area contributed by atoms with Gasteiger partial charge in [0.2, 0.25) is 0 Å². The fraction of sp³-hybridized carbons (Fsp3) is 0.750. The van der Waals surface area contributed by atoms with Crippen LogP contribution in [-0.4, -0.2) is 30.4 Å². The van der Waals surface area contributed by atoms with Crippen molar-refractivity contribution in [2.24, 2.45) is 0 Å². The molecule has 0 aliphatic carbocycles. The second-order valence-electron chi connectivity index (χ2n) is 11.7. The second-order valence-corrected chi connectivity index (χ2v) is 11.7. The molecule has 41 heavy (non-hydrogen) atoms. The lowest BCUT2D eigenvalue weighted by Gasteiger charge is -2.17. The highest BCUT2D eigenvalue weighted by molar-refractivity contribution is 5.97. The van der Waals surface area contributed by atoms with Gasteiger partial charge in [0.05, 0.1) is 6.42 Å². The van der Waals surface area contributed by atoms with Crippen LogP contribution < -0.4 is 0 Å². The van der Waals surface area contributed by atoms with Crippen molar-refractivity contribution < 1.29 is 23.9 Å². The van der Waals surface area contributed by atoms with Crippen LogP contribution in [0.4, 0.5) is 0 Å². The van der Waals surface area contributed by atoms with Gasteiger partial charge in [0.1, 0.15) is 6.10 Å². The SMILES string of the molecule is CCCCCCCCCCCCCC(=O)OC(CCCCCCCCCCC)CC(=O)OCC(=O)c1ccccc1. The van der Waals surface area contributed by atoms with E-state index in [1.165, 1.54) is 96.3 Å². The predicted molar refractivity (Wildman–Crippen MR) is 169 cm³/mol. The van der Waals surface area contributed by atoms with Gasteiger partial charge in [0.25, 0.3) is 0 Å². The van der Waals surface area contributed by atoms with Crippen molar-refractivity contribution >= 4 is 17.7 Å². The maximum absolute atomic E-state index is 12.6. The number of unbranched alkanes of at least 4 members (excludes halogenated alkanes) is 18. The summed E-state index contributed by atoms with van der Waals surface area (Å²) in [5.41, 5.74) is 0.518. The third-order valence-electron chi connectivity index (χ3n) is 7.77. The molecule has 0 saturated carbocycles. The maximum Gasteiger partial charge on any atom is 0.310 e. The van der Waals surface area contributed by atoms with Crippen LogP contribution in [-0.2, 0) is 19.1 Å². The molecule has 0 radical (unpaired) electrons. The molecule has 1 unspecified atom stereocenters. The maximum atomic E-state index is 12.6. The number of ketones is 1. The molecule has 5 nitrogen and oxygen atoms in total. The number of Topliss-reactive ketones (excluding diaryl/α,β-unsaturated/α-hetero) is 1. The molecule has 0 fully saturated rings. The summed E-state index contributed by atoms with van der Waals surface area (Å²) in [6, 6.07) is 8.82. The minimum atomic E-state index is -0.488. The predicted octanol–water partition coefficient (Wildman–Crippen LogP) is 10.3. The van der Waals surface area contributed by atoms with Crippen LogP contribution in [0.2, 0.25) is 0 Å². The summed E-state index contributed by atoms with van der Waals surface area (Å²) < 4.78 is 11.0. The standard InChI is InChI=1S/C36H60O5/c1-3-5-7-9-11-13-14-16-18-20-25-29-35(38)41-33(28-24-19-17-15-12-10-8-6-4-2)30-36(39)40-31-34(37)32-26-22-21-23-27-32/h21-23,26-27,33H,3-20,24-25,28-31H2,1-2H3. The number of benzene rings is 1. The second kappa shape index (κ2) is 26.7. The van der Waals surface area contributed by atoms with Gasteiger partial charge in [-0.3, -0.25) is 14.4 Å². The molecule has 234 valence electrons. The lowest BCUT2D eigenvalue weighted by Crippen LogP contribution is -2.24. The quantitative estimate of drug-likeness (QED) is 0.0567. The summed E-state index contributed by atoms with van der Waals surface area (Å²) in [6.07, 6.45) is 25.0. The average Bonchev–Trinajstić information content (AvgIpc) is 2.98. The van der Waals surface area contributed by atoms with E-state index in [0.717, 1.165) is 32.1 Å². The third kappa shape index (κ3) is 22.1. The molecule has 0 spiro atoms. The first-order valence-corrected chi connectivity index (χ1v) is 17.0. The minimum absolute atomic E-state index is 0.00306. The molecule has 0 amide bonds. The highest BCUT2D eigenvalue weighted by Crippen LogP contribution is 2.17. The molecule has 0 heterocycles. The van der Waals surface area contributed by atoms with Gasteiger partial charge < -0.3 is 9.47 Å². The number of ether oxygens (including phenoxy) is 2. The number of esters is 2. The monoisotopic (exact) mass is 572 g/mol. The zero-order valence-electron chi connectivity index (χ0n) is 26.5. The molecule has 1 aromatic carbocycles. The van der Waals surface area contributed by atoms with Gasteiger partial charge in [-0.2, -0.15) is 0 Å². The summed E-state index contributed by atoms with van der Waals surface area (Å²) in [7, 11) is 0. The van der Waals surface area contributed by atoms with E-state index >= 15 is 0 Å². The van der Waals surface area contributed by atoms with Crippen LogP contribution in [0.15, 0.2) is 30.3 Å². The van der Waals surface area contributed by atoms with E-state index < -0.39 is 12.1 Å². The summed E-state index contributed by atoms with van der Waals surface area (Å²) in [6.45, 7) is 4.19. The number of hydrogen-bond donors (Lipinski definition) is 0. The van der Waals surface area contributed by atoms with Crippen LogP contribution in [0.1, 0.15) is 172 Å². The van der Waals surface area contributed by atoms with E-state index in [-0.39, 0.29) is 24.8 Å². The van der Waals surface area contributed by atoms with Gasteiger partial charge >= 0.3 is 11.9 Å². The van der Waals surface area contributed by atoms with Crippen molar-refractivity contribution in [3.8, 4) is 0 Å². The first kappa shape index (κ1) is 36.9. The molecular formula is C36H60O5. The normalized spacial score (nSPS) is 11.8. The molecule has 0 aliphatic heterocycles. The Bertz CT molecular complexity index is 775. The lowest BCUT2D eigenvalue weighted by molar-refractivity contribution is -0.155. The Morgan fingerprint density at radius 3 is 1.56 bits per heavy atom. The van der Waals surface area contributed by atoms with Crippen molar-refractivity contribution in [1.82, 2.24) is 0 Å². The number of hydrogen-bond acceptors (Lipinski definition) is 5. The lowest BCUT2D eigenvalue weighted by atomic mass is 10.0. The molecule has 1 rings (SSSR count). The van der Waals surface area contributed by atoms with Crippen LogP contribution in [0.5, 0.6) is 0 Å². The molecule has 0 saturated heterocycles. The van der Waals surface area contributed by atoms with Crippen molar-refractivity contribution in [1.29, 1.82) is 0 Å². The molecule has 0 N–H and O–H groups in total. The van der Waals surface area contributed by atoms with E-state index in [2.05, 4.69) is 13.8 Å². The fourth-order valence-electron chi connectivity index (χ4n) is 5.16. The number of carbonyl (C=O) groups excluding carboxylic acids is 3. The Labute approximate surface area is 251 Å². The Morgan fingerprint density at radius 1 is 0.585 bits per heavy atom. The largest absolute Gasteiger partial charge is 0.462 e. The summed E-state index contributed by atoms with van der Waals surface area (Å²) in [4.78, 5) is 37.4. The zero-order valence-corrected chi connectivity index (χ0v) is 26.5. The van der Waals surface area contributed by atoms with Gasteiger partial charge in [-0.15, -0.1) is 0 Å². The highest BCUT2D eigenvalue weighted by Gasteiger charge is 2.20. The minimum Gasteiger partial charge on any atom is -0.462 e. The molecular weight excluding hydrogens is 512 g/mol. The van der Waals surface area contributed by atoms with Crippen molar-refractivity contribution in [2.75, 3.05) is 6.61 Å². The van der Waals surface area contributed by atoms with E-state index in [1.807, 2.05) is 6.07 Å². The first-order chi connectivity index (χ1) is 20.1. The molecule has 0 aliphatic rings. The van der Waals surface area contributed by atoms with Crippen LogP contribution in [0.3, 0.4) is 0 Å². The smallest absolute Gasteiger partial charge is 0.310 e. The molecule has 0 aromatic heterocycles. The van der Waals surface area contributed by atoms with E-state index in [9.17, 15) is 14.4 Å². The Balaban J connectivity index is 2.33. The Hall–Kier alpha value is -2.17. The molecule has 5 heteroatoms. The van der Waals surface area contributed by atoms with Crippen molar-refractivity contribution in [3.05, 3.63) is 35.9 Å². The van der Waals surface area contributed by atoms with Gasteiger partial charge in [0.15, 0.2) is 12.4 Å².